The topological polar surface area (TPSA) is 42.4 Å². The lowest BCUT2D eigenvalue weighted by molar-refractivity contribution is 0.219. The van der Waals surface area contributed by atoms with Gasteiger partial charge >= 0.3 is 0 Å². The van der Waals surface area contributed by atoms with Gasteiger partial charge in [-0.2, -0.15) is 0 Å². The van der Waals surface area contributed by atoms with Crippen molar-refractivity contribution >= 4 is 11.3 Å². The molecule has 0 amide bonds. The van der Waals surface area contributed by atoms with Gasteiger partial charge in [0.15, 0.2) is 11.6 Å². The van der Waals surface area contributed by atoms with Gasteiger partial charge in [0.05, 0.1) is 12.8 Å². The van der Waals surface area contributed by atoms with Crippen molar-refractivity contribution in [3.8, 4) is 17.0 Å². The molecule has 2 aromatic carbocycles. The summed E-state index contributed by atoms with van der Waals surface area (Å²) in [6.07, 6.45) is -1.10. The van der Waals surface area contributed by atoms with E-state index in [-0.39, 0.29) is 5.56 Å². The maximum absolute atomic E-state index is 13.3. The second-order valence-electron chi connectivity index (χ2n) is 4.88. The predicted octanol–water partition coefficient (Wildman–Crippen LogP) is 4.18. The second-order valence-corrected chi connectivity index (χ2v) is 5.77. The zero-order valence-corrected chi connectivity index (χ0v) is 13.0. The Kier molecular flexibility index (Phi) is 4.36. The molecule has 1 aromatic heterocycles. The summed E-state index contributed by atoms with van der Waals surface area (Å²) >= 11 is 1.26. The fourth-order valence-corrected chi connectivity index (χ4v) is 2.97. The molecule has 0 aliphatic carbocycles. The highest BCUT2D eigenvalue weighted by molar-refractivity contribution is 7.10. The monoisotopic (exact) mass is 333 g/mol. The van der Waals surface area contributed by atoms with E-state index in [0.29, 0.717) is 10.7 Å². The number of thiazole rings is 1. The van der Waals surface area contributed by atoms with Crippen molar-refractivity contribution in [2.45, 2.75) is 6.10 Å². The molecular formula is C17H13F2NO2S. The normalized spacial score (nSPS) is 12.2. The lowest BCUT2D eigenvalue weighted by Gasteiger charge is -2.08. The van der Waals surface area contributed by atoms with Gasteiger partial charge in [-0.1, -0.05) is 6.07 Å². The van der Waals surface area contributed by atoms with E-state index in [1.165, 1.54) is 17.4 Å². The largest absolute Gasteiger partial charge is 0.497 e. The van der Waals surface area contributed by atoms with Gasteiger partial charge in [0.2, 0.25) is 0 Å². The van der Waals surface area contributed by atoms with Crippen LogP contribution in [0.15, 0.2) is 47.8 Å². The van der Waals surface area contributed by atoms with Crippen LogP contribution in [0.4, 0.5) is 8.78 Å². The third-order valence-electron chi connectivity index (χ3n) is 3.40. The Labute approximate surface area is 135 Å². The van der Waals surface area contributed by atoms with Crippen LogP contribution in [0.5, 0.6) is 5.75 Å². The van der Waals surface area contributed by atoms with Gasteiger partial charge in [0, 0.05) is 10.9 Å². The van der Waals surface area contributed by atoms with Gasteiger partial charge in [-0.15, -0.1) is 11.3 Å². The maximum atomic E-state index is 13.3. The molecule has 0 bridgehead atoms. The summed E-state index contributed by atoms with van der Waals surface area (Å²) in [4.78, 5) is 4.38. The lowest BCUT2D eigenvalue weighted by Crippen LogP contribution is -2.00. The van der Waals surface area contributed by atoms with Crippen LogP contribution in [0.1, 0.15) is 16.7 Å². The van der Waals surface area contributed by atoms with E-state index in [2.05, 4.69) is 4.98 Å². The van der Waals surface area contributed by atoms with Crippen molar-refractivity contribution in [2.24, 2.45) is 0 Å². The third-order valence-corrected chi connectivity index (χ3v) is 4.30. The number of rotatable bonds is 4. The van der Waals surface area contributed by atoms with Crippen LogP contribution in [0, 0.1) is 11.6 Å². The van der Waals surface area contributed by atoms with E-state index >= 15 is 0 Å². The summed E-state index contributed by atoms with van der Waals surface area (Å²) in [6, 6.07) is 10.7. The summed E-state index contributed by atoms with van der Waals surface area (Å²) in [5.74, 6) is -1.20. The molecule has 0 aliphatic heterocycles. The summed E-state index contributed by atoms with van der Waals surface area (Å²) in [7, 11) is 1.59. The fourth-order valence-electron chi connectivity index (χ4n) is 2.13. The number of aliphatic hydroxyl groups excluding tert-OH is 1. The van der Waals surface area contributed by atoms with Crippen LogP contribution in [0.25, 0.3) is 11.3 Å². The summed E-state index contributed by atoms with van der Waals surface area (Å²) < 4.78 is 31.4. The number of hydrogen-bond acceptors (Lipinski definition) is 4. The van der Waals surface area contributed by atoms with Gasteiger partial charge in [-0.25, -0.2) is 13.8 Å². The number of ether oxygens (including phenoxy) is 1. The van der Waals surface area contributed by atoms with Gasteiger partial charge in [0.25, 0.3) is 0 Å². The Morgan fingerprint density at radius 3 is 2.48 bits per heavy atom. The number of aliphatic hydroxyl groups is 1. The molecule has 23 heavy (non-hydrogen) atoms. The summed E-state index contributed by atoms with van der Waals surface area (Å²) in [5.41, 5.74) is 1.85. The number of benzene rings is 2. The van der Waals surface area contributed by atoms with Crippen LogP contribution in [0.2, 0.25) is 0 Å². The highest BCUT2D eigenvalue weighted by Crippen LogP contribution is 2.30. The van der Waals surface area contributed by atoms with Crippen molar-refractivity contribution < 1.29 is 18.6 Å². The average molecular weight is 333 g/mol. The maximum Gasteiger partial charge on any atom is 0.159 e. The molecule has 3 aromatic rings. The van der Waals surface area contributed by atoms with Crippen molar-refractivity contribution in [3.05, 3.63) is 70.1 Å². The Balaban J connectivity index is 1.86. The van der Waals surface area contributed by atoms with E-state index in [9.17, 15) is 13.9 Å². The smallest absolute Gasteiger partial charge is 0.159 e. The minimum atomic E-state index is -1.10. The molecule has 1 heterocycles. The molecule has 0 radical (unpaired) electrons. The molecule has 1 N–H and O–H groups in total. The molecule has 1 atom stereocenters. The molecule has 118 valence electrons. The minimum Gasteiger partial charge on any atom is -0.497 e. The molecule has 1 unspecified atom stereocenters. The Morgan fingerprint density at radius 2 is 1.83 bits per heavy atom. The zero-order valence-electron chi connectivity index (χ0n) is 12.2. The third kappa shape index (κ3) is 3.23. The molecule has 0 fully saturated rings. The minimum absolute atomic E-state index is 0.263. The van der Waals surface area contributed by atoms with Crippen molar-refractivity contribution in [3.63, 3.8) is 0 Å². The van der Waals surface area contributed by atoms with Crippen LogP contribution in [0.3, 0.4) is 0 Å². The van der Waals surface area contributed by atoms with Crippen LogP contribution in [-0.4, -0.2) is 17.2 Å². The molecule has 0 saturated heterocycles. The van der Waals surface area contributed by atoms with Gasteiger partial charge in [-0.05, 0) is 42.0 Å². The molecule has 0 aliphatic rings. The summed E-state index contributed by atoms with van der Waals surface area (Å²) in [5, 5.41) is 12.5. The first-order chi connectivity index (χ1) is 11.1. The van der Waals surface area contributed by atoms with Crippen LogP contribution < -0.4 is 4.74 Å². The van der Waals surface area contributed by atoms with Crippen molar-refractivity contribution in [1.29, 1.82) is 0 Å². The fraction of sp³-hybridized carbons (Fsp3) is 0.118. The Bertz CT molecular complexity index is 818. The van der Waals surface area contributed by atoms with E-state index in [1.807, 2.05) is 24.3 Å². The van der Waals surface area contributed by atoms with Gasteiger partial charge in [-0.3, -0.25) is 0 Å². The Hall–Kier alpha value is -2.31. The first kappa shape index (κ1) is 15.6. The lowest BCUT2D eigenvalue weighted by atomic mass is 10.1. The summed E-state index contributed by atoms with van der Waals surface area (Å²) in [6.45, 7) is 0. The first-order valence-electron chi connectivity index (χ1n) is 6.81. The number of methoxy groups -OCH3 is 1. The quantitative estimate of drug-likeness (QED) is 0.779. The molecule has 0 spiro atoms. The Morgan fingerprint density at radius 1 is 1.09 bits per heavy atom. The highest BCUT2D eigenvalue weighted by Gasteiger charge is 2.17. The van der Waals surface area contributed by atoms with Crippen LogP contribution in [-0.2, 0) is 0 Å². The SMILES string of the molecule is COc1ccc(-c2csc(C(O)c3ccc(F)c(F)c3)n2)cc1. The van der Waals surface area contributed by atoms with E-state index in [1.54, 1.807) is 12.5 Å². The predicted molar refractivity (Wildman–Crippen MR) is 84.5 cm³/mol. The first-order valence-corrected chi connectivity index (χ1v) is 7.69. The van der Waals surface area contributed by atoms with Crippen LogP contribution >= 0.6 is 11.3 Å². The molecular weight excluding hydrogens is 320 g/mol. The molecule has 6 heteroatoms. The number of aromatic nitrogens is 1. The number of halogens is 2. The molecule has 0 saturated carbocycles. The van der Waals surface area contributed by atoms with Gasteiger partial charge in [0.1, 0.15) is 16.9 Å². The van der Waals surface area contributed by atoms with E-state index in [4.69, 9.17) is 4.74 Å². The van der Waals surface area contributed by atoms with E-state index in [0.717, 1.165) is 23.4 Å². The molecule has 3 rings (SSSR count). The number of hydrogen-bond donors (Lipinski definition) is 1. The standard InChI is InChI=1S/C17H13F2NO2S/c1-22-12-5-2-10(3-6-12)15-9-23-17(20-15)16(21)11-4-7-13(18)14(19)8-11/h2-9,16,21H,1H3. The number of nitrogens with zero attached hydrogens (tertiary/aromatic N) is 1. The van der Waals surface area contributed by atoms with E-state index < -0.39 is 17.7 Å². The van der Waals surface area contributed by atoms with Crippen molar-refractivity contribution in [1.82, 2.24) is 4.98 Å². The van der Waals surface area contributed by atoms with Gasteiger partial charge < -0.3 is 9.84 Å². The van der Waals surface area contributed by atoms with Crippen molar-refractivity contribution in [2.75, 3.05) is 7.11 Å². The average Bonchev–Trinajstić information content (AvgIpc) is 3.07. The second kappa shape index (κ2) is 6.44. The molecule has 3 nitrogen and oxygen atoms in total. The zero-order chi connectivity index (χ0) is 16.4. The highest BCUT2D eigenvalue weighted by atomic mass is 32.1.